The second-order valence-corrected chi connectivity index (χ2v) is 5.41. The largest absolute Gasteiger partial charge is 0.506 e. The van der Waals surface area contributed by atoms with Crippen LogP contribution >= 0.6 is 0 Å². The van der Waals surface area contributed by atoms with Crippen molar-refractivity contribution in [3.05, 3.63) is 36.4 Å². The highest BCUT2D eigenvalue weighted by molar-refractivity contribution is 5.98. The fourth-order valence-corrected chi connectivity index (χ4v) is 3.36. The number of amides is 2. The monoisotopic (exact) mass is 272 g/mol. The third-order valence-corrected chi connectivity index (χ3v) is 4.25. The van der Waals surface area contributed by atoms with Gasteiger partial charge in [-0.2, -0.15) is 0 Å². The normalized spacial score (nSPS) is 30.4. The number of phenolic OH excluding ortho intramolecular Hbond substituents is 1. The van der Waals surface area contributed by atoms with Crippen molar-refractivity contribution in [3.63, 3.8) is 0 Å². The number of benzene rings is 1. The Labute approximate surface area is 116 Å². The smallest absolute Gasteiger partial charge is 0.229 e. The van der Waals surface area contributed by atoms with Crippen LogP contribution in [0.15, 0.2) is 36.4 Å². The topological polar surface area (TPSA) is 92.4 Å². The average Bonchev–Trinajstić information content (AvgIpc) is 3.01. The molecule has 2 aliphatic carbocycles. The van der Waals surface area contributed by atoms with Crippen LogP contribution in [0.25, 0.3) is 0 Å². The zero-order chi connectivity index (χ0) is 14.3. The van der Waals surface area contributed by atoms with E-state index in [1.165, 1.54) is 6.07 Å². The summed E-state index contributed by atoms with van der Waals surface area (Å²) in [5.74, 6) is -1.44. The minimum absolute atomic E-state index is 0.00942. The molecule has 0 aliphatic heterocycles. The molecule has 0 radical (unpaired) electrons. The maximum atomic E-state index is 12.4. The zero-order valence-corrected chi connectivity index (χ0v) is 10.8. The number of aromatic hydroxyl groups is 1. The highest BCUT2D eigenvalue weighted by Gasteiger charge is 2.50. The van der Waals surface area contributed by atoms with Gasteiger partial charge >= 0.3 is 0 Å². The lowest BCUT2D eigenvalue weighted by molar-refractivity contribution is -0.130. The van der Waals surface area contributed by atoms with Crippen molar-refractivity contribution in [2.75, 3.05) is 5.32 Å². The van der Waals surface area contributed by atoms with Crippen molar-refractivity contribution in [2.24, 2.45) is 29.4 Å². The minimum atomic E-state index is -0.448. The highest BCUT2D eigenvalue weighted by atomic mass is 16.3. The van der Waals surface area contributed by atoms with E-state index in [9.17, 15) is 14.7 Å². The van der Waals surface area contributed by atoms with Crippen LogP contribution in [0.4, 0.5) is 5.69 Å². The molecule has 2 amide bonds. The number of rotatable bonds is 3. The van der Waals surface area contributed by atoms with Gasteiger partial charge in [0.05, 0.1) is 17.5 Å². The third-order valence-electron chi connectivity index (χ3n) is 4.25. The summed E-state index contributed by atoms with van der Waals surface area (Å²) < 4.78 is 0. The summed E-state index contributed by atoms with van der Waals surface area (Å²) in [7, 11) is 0. The van der Waals surface area contributed by atoms with Gasteiger partial charge < -0.3 is 16.2 Å². The van der Waals surface area contributed by atoms with Crippen LogP contribution in [-0.2, 0) is 9.59 Å². The number of carbonyl (C=O) groups excluding carboxylic acids is 2. The summed E-state index contributed by atoms with van der Waals surface area (Å²) >= 11 is 0. The number of para-hydroxylation sites is 2. The fourth-order valence-electron chi connectivity index (χ4n) is 3.36. The first-order valence-electron chi connectivity index (χ1n) is 6.64. The van der Waals surface area contributed by atoms with Gasteiger partial charge in [-0.3, -0.25) is 9.59 Å². The van der Waals surface area contributed by atoms with Gasteiger partial charge in [-0.1, -0.05) is 24.3 Å². The van der Waals surface area contributed by atoms with E-state index < -0.39 is 17.7 Å². The van der Waals surface area contributed by atoms with Crippen LogP contribution in [0, 0.1) is 23.7 Å². The van der Waals surface area contributed by atoms with E-state index >= 15 is 0 Å². The molecule has 3 rings (SSSR count). The second kappa shape index (κ2) is 4.67. The first-order chi connectivity index (χ1) is 9.58. The van der Waals surface area contributed by atoms with Gasteiger partial charge in [-0.05, 0) is 30.4 Å². The van der Waals surface area contributed by atoms with Crippen LogP contribution in [-0.4, -0.2) is 16.9 Å². The van der Waals surface area contributed by atoms with Crippen molar-refractivity contribution >= 4 is 17.5 Å². The molecule has 0 heterocycles. The molecule has 2 bridgehead atoms. The molecular formula is C15H16N2O3. The van der Waals surface area contributed by atoms with Gasteiger partial charge in [0.1, 0.15) is 5.75 Å². The Morgan fingerprint density at radius 2 is 1.80 bits per heavy atom. The molecule has 4 atom stereocenters. The molecule has 1 aromatic carbocycles. The minimum Gasteiger partial charge on any atom is -0.506 e. The van der Waals surface area contributed by atoms with Crippen molar-refractivity contribution in [1.82, 2.24) is 0 Å². The van der Waals surface area contributed by atoms with E-state index in [0.717, 1.165) is 6.42 Å². The van der Waals surface area contributed by atoms with E-state index in [0.29, 0.717) is 5.69 Å². The molecular weight excluding hydrogens is 256 g/mol. The molecule has 0 saturated heterocycles. The molecule has 2 aliphatic rings. The van der Waals surface area contributed by atoms with E-state index in [-0.39, 0.29) is 23.5 Å². The molecule has 0 aromatic heterocycles. The number of fused-ring (bicyclic) bond motifs is 2. The number of anilines is 1. The Balaban J connectivity index is 1.82. The SMILES string of the molecule is NC(=O)C1C2C=CC(C2)C1C(=O)Nc1ccccc1O. The van der Waals surface area contributed by atoms with Gasteiger partial charge in [0.2, 0.25) is 11.8 Å². The van der Waals surface area contributed by atoms with Gasteiger partial charge in [0.15, 0.2) is 0 Å². The summed E-state index contributed by atoms with van der Waals surface area (Å²) in [6, 6.07) is 6.52. The number of nitrogens with two attached hydrogens (primary N) is 1. The second-order valence-electron chi connectivity index (χ2n) is 5.41. The summed E-state index contributed by atoms with van der Waals surface area (Å²) in [4.78, 5) is 24.0. The van der Waals surface area contributed by atoms with Crippen molar-refractivity contribution in [2.45, 2.75) is 6.42 Å². The zero-order valence-electron chi connectivity index (χ0n) is 10.8. The molecule has 4 N–H and O–H groups in total. The predicted octanol–water partition coefficient (Wildman–Crippen LogP) is 1.25. The van der Waals surface area contributed by atoms with E-state index in [2.05, 4.69) is 5.32 Å². The maximum absolute atomic E-state index is 12.4. The Bertz CT molecular complexity index is 597. The Morgan fingerprint density at radius 1 is 1.15 bits per heavy atom. The predicted molar refractivity (Wildman–Crippen MR) is 73.6 cm³/mol. The lowest BCUT2D eigenvalue weighted by Crippen LogP contribution is -2.39. The van der Waals surface area contributed by atoms with E-state index in [1.807, 2.05) is 12.2 Å². The van der Waals surface area contributed by atoms with Crippen LogP contribution in [0.1, 0.15) is 6.42 Å². The highest BCUT2D eigenvalue weighted by Crippen LogP contribution is 2.48. The molecule has 1 saturated carbocycles. The molecule has 5 nitrogen and oxygen atoms in total. The van der Waals surface area contributed by atoms with Gasteiger partial charge in [-0.15, -0.1) is 0 Å². The number of nitrogens with one attached hydrogen (secondary N) is 1. The maximum Gasteiger partial charge on any atom is 0.229 e. The molecule has 0 spiro atoms. The van der Waals surface area contributed by atoms with Crippen LogP contribution in [0.5, 0.6) is 5.75 Å². The summed E-state index contributed by atoms with van der Waals surface area (Å²) in [5.41, 5.74) is 5.79. The van der Waals surface area contributed by atoms with E-state index in [1.54, 1.807) is 18.2 Å². The summed E-state index contributed by atoms with van der Waals surface area (Å²) in [6.07, 6.45) is 4.76. The third kappa shape index (κ3) is 1.95. The van der Waals surface area contributed by atoms with Gasteiger partial charge in [0, 0.05) is 0 Å². The van der Waals surface area contributed by atoms with Gasteiger partial charge in [0.25, 0.3) is 0 Å². The van der Waals surface area contributed by atoms with Crippen molar-refractivity contribution in [1.29, 1.82) is 0 Å². The van der Waals surface area contributed by atoms with Crippen molar-refractivity contribution in [3.8, 4) is 5.75 Å². The number of hydrogen-bond donors (Lipinski definition) is 3. The summed E-state index contributed by atoms with van der Waals surface area (Å²) in [6.45, 7) is 0. The summed E-state index contributed by atoms with van der Waals surface area (Å²) in [5, 5.41) is 12.4. The molecule has 1 aromatic rings. The number of primary amides is 1. The Kier molecular flexibility index (Phi) is 2.97. The standard InChI is InChI=1S/C15H16N2O3/c16-14(19)12-8-5-6-9(7-8)13(12)15(20)17-10-3-1-2-4-11(10)18/h1-6,8-9,12-13,18H,7H2,(H2,16,19)(H,17,20). The van der Waals surface area contributed by atoms with Crippen LogP contribution in [0.3, 0.4) is 0 Å². The van der Waals surface area contributed by atoms with E-state index in [4.69, 9.17) is 5.73 Å². The average molecular weight is 272 g/mol. The molecule has 1 fully saturated rings. The first kappa shape index (κ1) is 12.7. The quantitative estimate of drug-likeness (QED) is 0.571. The molecule has 4 unspecified atom stereocenters. The molecule has 104 valence electrons. The molecule has 5 heteroatoms. The fraction of sp³-hybridized carbons (Fsp3) is 0.333. The number of allylic oxidation sites excluding steroid dienone is 2. The lowest BCUT2D eigenvalue weighted by atomic mass is 9.82. The Hall–Kier alpha value is -2.30. The van der Waals surface area contributed by atoms with Gasteiger partial charge in [-0.25, -0.2) is 0 Å². The number of hydrogen-bond acceptors (Lipinski definition) is 3. The number of carbonyl (C=O) groups is 2. The number of phenols is 1. The lowest BCUT2D eigenvalue weighted by Gasteiger charge is -2.24. The van der Waals surface area contributed by atoms with Crippen LogP contribution in [0.2, 0.25) is 0 Å². The molecule has 20 heavy (non-hydrogen) atoms. The first-order valence-corrected chi connectivity index (χ1v) is 6.64. The van der Waals surface area contributed by atoms with Crippen molar-refractivity contribution < 1.29 is 14.7 Å². The van der Waals surface area contributed by atoms with Crippen LogP contribution < -0.4 is 11.1 Å². The Morgan fingerprint density at radius 3 is 2.45 bits per heavy atom.